The van der Waals surface area contributed by atoms with Crippen LogP contribution in [0, 0.1) is 6.92 Å². The summed E-state index contributed by atoms with van der Waals surface area (Å²) in [5.41, 5.74) is 2.78. The largest absolute Gasteiger partial charge is 0.495 e. The Balaban J connectivity index is 1.53. The highest BCUT2D eigenvalue weighted by atomic mass is 32.2. The SMILES string of the molecule is COc1ccc(C)cc1NC1NC(=O)/C(=C/c2c3ccccc3cc3ccccc23)S1. The first kappa shape index (κ1) is 19.5. The predicted molar refractivity (Wildman–Crippen MR) is 130 cm³/mol. The molecule has 0 aliphatic carbocycles. The van der Waals surface area contributed by atoms with Crippen LogP contribution in [0.1, 0.15) is 11.1 Å². The van der Waals surface area contributed by atoms with Crippen LogP contribution in [0.5, 0.6) is 5.75 Å². The molecule has 31 heavy (non-hydrogen) atoms. The van der Waals surface area contributed by atoms with Gasteiger partial charge in [-0.05, 0) is 63.9 Å². The first-order chi connectivity index (χ1) is 15.1. The summed E-state index contributed by atoms with van der Waals surface area (Å²) >= 11 is 1.48. The number of nitrogens with one attached hydrogen (secondary N) is 2. The van der Waals surface area contributed by atoms with Crippen LogP contribution in [0.4, 0.5) is 5.69 Å². The van der Waals surface area contributed by atoms with Crippen molar-refractivity contribution in [3.8, 4) is 5.75 Å². The van der Waals surface area contributed by atoms with Crippen molar-refractivity contribution in [3.63, 3.8) is 0 Å². The van der Waals surface area contributed by atoms with Crippen LogP contribution < -0.4 is 15.4 Å². The molecule has 5 heteroatoms. The summed E-state index contributed by atoms with van der Waals surface area (Å²) in [4.78, 5) is 13.5. The van der Waals surface area contributed by atoms with E-state index in [4.69, 9.17) is 4.74 Å². The van der Waals surface area contributed by atoms with E-state index in [0.29, 0.717) is 4.91 Å². The maximum atomic E-state index is 12.8. The molecule has 0 spiro atoms. The van der Waals surface area contributed by atoms with Gasteiger partial charge in [-0.3, -0.25) is 4.79 Å². The number of carbonyl (C=O) groups excluding carboxylic acids is 1. The van der Waals surface area contributed by atoms with E-state index in [1.165, 1.54) is 11.8 Å². The van der Waals surface area contributed by atoms with E-state index in [9.17, 15) is 4.79 Å². The Morgan fingerprint density at radius 2 is 1.65 bits per heavy atom. The van der Waals surface area contributed by atoms with Crippen LogP contribution in [0.3, 0.4) is 0 Å². The minimum atomic E-state index is -0.268. The van der Waals surface area contributed by atoms with Crippen molar-refractivity contribution in [2.45, 2.75) is 12.4 Å². The summed E-state index contributed by atoms with van der Waals surface area (Å²) in [6, 6.07) is 24.7. The van der Waals surface area contributed by atoms with Gasteiger partial charge < -0.3 is 15.4 Å². The molecule has 154 valence electrons. The summed E-state index contributed by atoms with van der Waals surface area (Å²) in [6.45, 7) is 2.03. The van der Waals surface area contributed by atoms with E-state index < -0.39 is 0 Å². The molecule has 0 radical (unpaired) electrons. The molecule has 0 aromatic heterocycles. The zero-order valence-electron chi connectivity index (χ0n) is 17.3. The van der Waals surface area contributed by atoms with Gasteiger partial charge in [-0.25, -0.2) is 0 Å². The van der Waals surface area contributed by atoms with Crippen LogP contribution >= 0.6 is 11.8 Å². The lowest BCUT2D eigenvalue weighted by molar-refractivity contribution is -0.116. The number of methoxy groups -OCH3 is 1. The lowest BCUT2D eigenvalue weighted by Crippen LogP contribution is -2.31. The fraction of sp³-hybridized carbons (Fsp3) is 0.115. The molecule has 1 atom stereocenters. The second-order valence-electron chi connectivity index (χ2n) is 7.56. The second-order valence-corrected chi connectivity index (χ2v) is 8.71. The van der Waals surface area contributed by atoms with E-state index in [2.05, 4.69) is 41.0 Å². The normalized spacial score (nSPS) is 17.3. The Hall–Kier alpha value is -3.44. The number of amides is 1. The molecule has 4 nitrogen and oxygen atoms in total. The Labute approximate surface area is 185 Å². The maximum absolute atomic E-state index is 12.8. The molecule has 4 aromatic carbocycles. The van der Waals surface area contributed by atoms with Crippen molar-refractivity contribution in [1.29, 1.82) is 0 Å². The zero-order valence-corrected chi connectivity index (χ0v) is 18.1. The third-order valence-electron chi connectivity index (χ3n) is 5.46. The third kappa shape index (κ3) is 3.73. The van der Waals surface area contributed by atoms with Crippen molar-refractivity contribution < 1.29 is 9.53 Å². The molecule has 0 saturated carbocycles. The average molecular weight is 427 g/mol. The van der Waals surface area contributed by atoms with Gasteiger partial charge in [0.05, 0.1) is 17.7 Å². The van der Waals surface area contributed by atoms with Crippen LogP contribution in [0.2, 0.25) is 0 Å². The third-order valence-corrected chi connectivity index (χ3v) is 6.49. The number of aryl methyl sites for hydroxylation is 1. The van der Waals surface area contributed by atoms with Gasteiger partial charge in [0.25, 0.3) is 5.91 Å². The maximum Gasteiger partial charge on any atom is 0.260 e. The molecule has 0 bridgehead atoms. The fourth-order valence-electron chi connectivity index (χ4n) is 3.98. The topological polar surface area (TPSA) is 50.4 Å². The Morgan fingerprint density at radius 1 is 0.968 bits per heavy atom. The zero-order chi connectivity index (χ0) is 21.4. The number of benzene rings is 4. The highest BCUT2D eigenvalue weighted by Gasteiger charge is 2.28. The summed E-state index contributed by atoms with van der Waals surface area (Å²) < 4.78 is 5.46. The molecule has 1 aliphatic rings. The predicted octanol–water partition coefficient (Wildman–Crippen LogP) is 5.91. The molecular weight excluding hydrogens is 404 g/mol. The average Bonchev–Trinajstić information content (AvgIpc) is 3.12. The Kier molecular flexibility index (Phi) is 5.04. The number of thioether (sulfide) groups is 1. The van der Waals surface area contributed by atoms with Crippen molar-refractivity contribution in [3.05, 3.63) is 88.8 Å². The molecule has 1 amide bonds. The lowest BCUT2D eigenvalue weighted by Gasteiger charge is -2.16. The van der Waals surface area contributed by atoms with Crippen molar-refractivity contribution >= 4 is 51.0 Å². The van der Waals surface area contributed by atoms with Gasteiger partial charge in [0.2, 0.25) is 0 Å². The number of anilines is 1. The highest BCUT2D eigenvalue weighted by molar-refractivity contribution is 8.05. The molecule has 1 fully saturated rings. The number of carbonyl (C=O) groups is 1. The van der Waals surface area contributed by atoms with Crippen LogP contribution in [0.25, 0.3) is 27.6 Å². The molecule has 5 rings (SSSR count). The summed E-state index contributed by atoms with van der Waals surface area (Å²) in [7, 11) is 1.65. The number of fused-ring (bicyclic) bond motifs is 2. The molecule has 1 heterocycles. The van der Waals surface area contributed by atoms with Gasteiger partial charge in [-0.2, -0.15) is 0 Å². The molecule has 1 unspecified atom stereocenters. The fourth-order valence-corrected chi connectivity index (χ4v) is 4.93. The van der Waals surface area contributed by atoms with Gasteiger partial charge in [0, 0.05) is 0 Å². The lowest BCUT2D eigenvalue weighted by atomic mass is 9.96. The van der Waals surface area contributed by atoms with Crippen molar-refractivity contribution in [1.82, 2.24) is 5.32 Å². The van der Waals surface area contributed by atoms with Gasteiger partial charge in [-0.1, -0.05) is 66.4 Å². The number of hydrogen-bond acceptors (Lipinski definition) is 4. The Morgan fingerprint density at radius 3 is 2.32 bits per heavy atom. The first-order valence-corrected chi connectivity index (χ1v) is 11.0. The first-order valence-electron chi connectivity index (χ1n) is 10.1. The monoisotopic (exact) mass is 426 g/mol. The van der Waals surface area contributed by atoms with Crippen molar-refractivity contribution in [2.24, 2.45) is 0 Å². The molecule has 1 aliphatic heterocycles. The van der Waals surface area contributed by atoms with E-state index in [0.717, 1.165) is 44.1 Å². The van der Waals surface area contributed by atoms with Crippen LogP contribution in [0.15, 0.2) is 77.7 Å². The number of rotatable bonds is 4. The number of ether oxygens (including phenoxy) is 1. The standard InChI is InChI=1S/C26H22N2O2S/c1-16-11-12-23(30-2)22(13-16)27-26-28-25(29)24(31-26)15-21-19-9-5-3-7-17(19)14-18-8-4-6-10-20(18)21/h3-15,26-27H,1-2H3,(H,28,29)/b24-15-. The van der Waals surface area contributed by atoms with Crippen LogP contribution in [-0.2, 0) is 4.79 Å². The van der Waals surface area contributed by atoms with Gasteiger partial charge in [-0.15, -0.1) is 0 Å². The van der Waals surface area contributed by atoms with Crippen molar-refractivity contribution in [2.75, 3.05) is 12.4 Å². The van der Waals surface area contributed by atoms with E-state index in [1.54, 1.807) is 7.11 Å². The second kappa shape index (κ2) is 8.00. The van der Waals surface area contributed by atoms with Gasteiger partial charge in [0.1, 0.15) is 5.75 Å². The molecule has 2 N–H and O–H groups in total. The quantitative estimate of drug-likeness (QED) is 0.315. The smallest absolute Gasteiger partial charge is 0.260 e. The molecule has 1 saturated heterocycles. The highest BCUT2D eigenvalue weighted by Crippen LogP contribution is 2.36. The summed E-state index contributed by atoms with van der Waals surface area (Å²) in [5.74, 6) is 0.670. The number of hydrogen-bond donors (Lipinski definition) is 2. The summed E-state index contributed by atoms with van der Waals surface area (Å²) in [5, 5.41) is 11.0. The van der Waals surface area contributed by atoms with Gasteiger partial charge >= 0.3 is 0 Å². The summed E-state index contributed by atoms with van der Waals surface area (Å²) in [6.07, 6.45) is 2.01. The minimum absolute atomic E-state index is 0.0777. The Bertz CT molecular complexity index is 1290. The van der Waals surface area contributed by atoms with E-state index in [-0.39, 0.29) is 11.4 Å². The molecular formula is C26H22N2O2S. The molecule has 4 aromatic rings. The van der Waals surface area contributed by atoms with E-state index in [1.807, 2.05) is 55.5 Å². The minimum Gasteiger partial charge on any atom is -0.495 e. The van der Waals surface area contributed by atoms with Gasteiger partial charge in [0.15, 0.2) is 5.50 Å². The van der Waals surface area contributed by atoms with E-state index >= 15 is 0 Å². The van der Waals surface area contributed by atoms with Crippen LogP contribution in [-0.4, -0.2) is 18.5 Å².